The van der Waals surface area contributed by atoms with Gasteiger partial charge < -0.3 is 9.84 Å². The van der Waals surface area contributed by atoms with E-state index in [9.17, 15) is 9.59 Å². The third-order valence-electron chi connectivity index (χ3n) is 2.94. The number of aryl methyl sites for hydroxylation is 1. The van der Waals surface area contributed by atoms with E-state index in [0.717, 1.165) is 0 Å². The number of benzene rings is 1. The van der Waals surface area contributed by atoms with Gasteiger partial charge in [-0.05, 0) is 25.5 Å². The molecule has 1 heterocycles. The highest BCUT2D eigenvalue weighted by Gasteiger charge is 2.15. The fraction of sp³-hybridized carbons (Fsp3) is 0.267. The Morgan fingerprint density at radius 1 is 1.33 bits per heavy atom. The van der Waals surface area contributed by atoms with Gasteiger partial charge >= 0.3 is 5.97 Å². The summed E-state index contributed by atoms with van der Waals surface area (Å²) in [6, 6.07) is 8.44. The van der Waals surface area contributed by atoms with Crippen LogP contribution < -0.4 is 10.2 Å². The van der Waals surface area contributed by atoms with E-state index < -0.39 is 17.1 Å². The first-order valence-corrected chi connectivity index (χ1v) is 6.66. The minimum absolute atomic E-state index is 0.492. The maximum Gasteiger partial charge on any atom is 0.360 e. The minimum atomic E-state index is -1.34. The first-order valence-electron chi connectivity index (χ1n) is 6.66. The van der Waals surface area contributed by atoms with E-state index in [2.05, 4.69) is 5.10 Å². The van der Waals surface area contributed by atoms with Gasteiger partial charge in [-0.15, -0.1) is 0 Å². The summed E-state index contributed by atoms with van der Waals surface area (Å²) < 4.78 is 6.89. The molecule has 6 heteroatoms. The van der Waals surface area contributed by atoms with Crippen LogP contribution in [0.15, 0.2) is 35.1 Å². The Morgan fingerprint density at radius 2 is 2.10 bits per heavy atom. The molecule has 21 heavy (non-hydrogen) atoms. The first kappa shape index (κ1) is 14.8. The van der Waals surface area contributed by atoms with Gasteiger partial charge in [0.1, 0.15) is 5.75 Å². The number of carboxylic acids is 1. The standard InChI is InChI=1S/C15H16N2O4/c1-3-10-9-13(18)14(15(19)20)16-17(10)11-6-5-7-12(8-11)21-4-2/h5-9H,3-4H2,1-2H3,(H,19,20). The lowest BCUT2D eigenvalue weighted by atomic mass is 10.2. The average molecular weight is 288 g/mol. The number of nitrogens with zero attached hydrogens (tertiary/aromatic N) is 2. The van der Waals surface area contributed by atoms with Gasteiger partial charge in [0.15, 0.2) is 0 Å². The molecule has 1 aromatic heterocycles. The predicted molar refractivity (Wildman–Crippen MR) is 77.3 cm³/mol. The smallest absolute Gasteiger partial charge is 0.360 e. The van der Waals surface area contributed by atoms with E-state index in [1.165, 1.54) is 10.7 Å². The number of ether oxygens (including phenoxy) is 1. The molecule has 2 rings (SSSR count). The van der Waals surface area contributed by atoms with Gasteiger partial charge in [0.25, 0.3) is 0 Å². The number of aromatic nitrogens is 2. The number of hydrogen-bond donors (Lipinski definition) is 1. The van der Waals surface area contributed by atoms with Crippen LogP contribution >= 0.6 is 0 Å². The van der Waals surface area contributed by atoms with Crippen molar-refractivity contribution in [3.63, 3.8) is 0 Å². The monoisotopic (exact) mass is 288 g/mol. The Labute approximate surface area is 121 Å². The third-order valence-corrected chi connectivity index (χ3v) is 2.94. The molecule has 2 aromatic rings. The van der Waals surface area contributed by atoms with Gasteiger partial charge in [-0.25, -0.2) is 9.48 Å². The number of rotatable bonds is 5. The van der Waals surface area contributed by atoms with Gasteiger partial charge in [-0.3, -0.25) is 4.79 Å². The molecule has 0 spiro atoms. The van der Waals surface area contributed by atoms with Crippen LogP contribution in [0.2, 0.25) is 0 Å². The van der Waals surface area contributed by atoms with Crippen LogP contribution in [0.5, 0.6) is 5.75 Å². The highest BCUT2D eigenvalue weighted by Crippen LogP contribution is 2.17. The van der Waals surface area contributed by atoms with Crippen LogP contribution in [0.3, 0.4) is 0 Å². The van der Waals surface area contributed by atoms with Crippen molar-refractivity contribution in [3.05, 3.63) is 51.9 Å². The zero-order valence-corrected chi connectivity index (χ0v) is 11.9. The van der Waals surface area contributed by atoms with E-state index >= 15 is 0 Å². The third kappa shape index (κ3) is 3.10. The summed E-state index contributed by atoms with van der Waals surface area (Å²) in [5.74, 6) is -0.674. The lowest BCUT2D eigenvalue weighted by Gasteiger charge is -2.13. The second-order valence-electron chi connectivity index (χ2n) is 4.35. The quantitative estimate of drug-likeness (QED) is 0.908. The molecular formula is C15H16N2O4. The first-order chi connectivity index (χ1) is 10.1. The van der Waals surface area contributed by atoms with E-state index in [4.69, 9.17) is 9.84 Å². The molecule has 0 saturated carbocycles. The highest BCUT2D eigenvalue weighted by molar-refractivity contribution is 5.84. The second kappa shape index (κ2) is 6.21. The van der Waals surface area contributed by atoms with Crippen LogP contribution in [0, 0.1) is 0 Å². The Balaban J connectivity index is 2.61. The fourth-order valence-electron chi connectivity index (χ4n) is 1.99. The zero-order valence-electron chi connectivity index (χ0n) is 11.9. The van der Waals surface area contributed by atoms with Crippen molar-refractivity contribution in [2.75, 3.05) is 6.61 Å². The van der Waals surface area contributed by atoms with Crippen LogP contribution in [0.4, 0.5) is 0 Å². The molecule has 6 nitrogen and oxygen atoms in total. The summed E-state index contributed by atoms with van der Waals surface area (Å²) >= 11 is 0. The normalized spacial score (nSPS) is 10.4. The summed E-state index contributed by atoms with van der Waals surface area (Å²) in [6.45, 7) is 4.28. The molecule has 0 bridgehead atoms. The Kier molecular flexibility index (Phi) is 4.37. The summed E-state index contributed by atoms with van der Waals surface area (Å²) in [5.41, 5.74) is 0.213. The average Bonchev–Trinajstić information content (AvgIpc) is 2.47. The van der Waals surface area contributed by atoms with E-state index in [-0.39, 0.29) is 0 Å². The molecule has 0 aliphatic carbocycles. The van der Waals surface area contributed by atoms with Crippen LogP contribution in [-0.4, -0.2) is 27.5 Å². The van der Waals surface area contributed by atoms with Crippen molar-refractivity contribution in [2.24, 2.45) is 0 Å². The Morgan fingerprint density at radius 3 is 2.71 bits per heavy atom. The molecule has 0 unspecified atom stereocenters. The van der Waals surface area contributed by atoms with Gasteiger partial charge in [0.2, 0.25) is 11.1 Å². The van der Waals surface area contributed by atoms with Gasteiger partial charge in [0, 0.05) is 17.8 Å². The molecule has 0 aliphatic rings. The molecule has 0 amide bonds. The number of aromatic carboxylic acids is 1. The van der Waals surface area contributed by atoms with Crippen molar-refractivity contribution in [1.82, 2.24) is 9.78 Å². The van der Waals surface area contributed by atoms with Crippen molar-refractivity contribution >= 4 is 5.97 Å². The van der Waals surface area contributed by atoms with Gasteiger partial charge in [-0.1, -0.05) is 13.0 Å². The van der Waals surface area contributed by atoms with Crippen molar-refractivity contribution in [1.29, 1.82) is 0 Å². The maximum absolute atomic E-state index is 11.7. The lowest BCUT2D eigenvalue weighted by Crippen LogP contribution is -2.23. The summed E-state index contributed by atoms with van der Waals surface area (Å²) in [5, 5.41) is 13.0. The lowest BCUT2D eigenvalue weighted by molar-refractivity contribution is 0.0686. The van der Waals surface area contributed by atoms with Crippen LogP contribution in [-0.2, 0) is 6.42 Å². The molecule has 1 N–H and O–H groups in total. The van der Waals surface area contributed by atoms with Crippen molar-refractivity contribution < 1.29 is 14.6 Å². The number of carbonyl (C=O) groups is 1. The molecule has 0 fully saturated rings. The largest absolute Gasteiger partial charge is 0.494 e. The molecule has 1 aromatic carbocycles. The van der Waals surface area contributed by atoms with E-state index in [1.807, 2.05) is 13.8 Å². The summed E-state index contributed by atoms with van der Waals surface area (Å²) in [4.78, 5) is 22.8. The summed E-state index contributed by atoms with van der Waals surface area (Å²) in [7, 11) is 0. The van der Waals surface area contributed by atoms with E-state index in [0.29, 0.717) is 30.2 Å². The molecule has 0 atom stereocenters. The predicted octanol–water partition coefficient (Wildman–Crippen LogP) is 1.89. The van der Waals surface area contributed by atoms with Gasteiger partial charge in [-0.2, -0.15) is 5.10 Å². The fourth-order valence-corrected chi connectivity index (χ4v) is 1.99. The molecule has 0 aliphatic heterocycles. The SMILES string of the molecule is CCOc1cccc(-n2nc(C(=O)O)c(=O)cc2CC)c1. The second-order valence-corrected chi connectivity index (χ2v) is 4.35. The van der Waals surface area contributed by atoms with Crippen molar-refractivity contribution in [3.8, 4) is 11.4 Å². The topological polar surface area (TPSA) is 81.4 Å². The van der Waals surface area contributed by atoms with Crippen LogP contribution in [0.1, 0.15) is 30.0 Å². The van der Waals surface area contributed by atoms with Crippen molar-refractivity contribution in [2.45, 2.75) is 20.3 Å². The highest BCUT2D eigenvalue weighted by atomic mass is 16.5. The molecule has 110 valence electrons. The Hall–Kier alpha value is -2.63. The van der Waals surface area contributed by atoms with Crippen LogP contribution in [0.25, 0.3) is 5.69 Å². The maximum atomic E-state index is 11.7. The minimum Gasteiger partial charge on any atom is -0.494 e. The van der Waals surface area contributed by atoms with Gasteiger partial charge in [0.05, 0.1) is 12.3 Å². The molecular weight excluding hydrogens is 272 g/mol. The Bertz CT molecular complexity index is 722. The zero-order chi connectivity index (χ0) is 15.4. The molecule has 0 radical (unpaired) electrons. The number of hydrogen-bond acceptors (Lipinski definition) is 4. The molecule has 0 saturated heterocycles. The summed E-state index contributed by atoms with van der Waals surface area (Å²) in [6.07, 6.45) is 0.557. The van der Waals surface area contributed by atoms with E-state index in [1.54, 1.807) is 24.3 Å². The number of carboxylic acid groups (broad SMARTS) is 1.